The summed E-state index contributed by atoms with van der Waals surface area (Å²) in [5, 5.41) is 4.29. The molecule has 6 nitrogen and oxygen atoms in total. The van der Waals surface area contributed by atoms with Gasteiger partial charge < -0.3 is 14.3 Å². The Kier molecular flexibility index (Phi) is 2.58. The molecule has 2 aliphatic heterocycles. The van der Waals surface area contributed by atoms with Crippen molar-refractivity contribution in [3.8, 4) is 0 Å². The quantitative estimate of drug-likeness (QED) is 0.858. The Morgan fingerprint density at radius 1 is 1.30 bits per heavy atom. The van der Waals surface area contributed by atoms with E-state index in [2.05, 4.69) is 28.6 Å². The minimum Gasteiger partial charge on any atom is -0.389 e. The second kappa shape index (κ2) is 4.36. The van der Waals surface area contributed by atoms with Crippen LogP contribution in [0.3, 0.4) is 0 Å². The number of hydrogen-bond acceptors (Lipinski definition) is 4. The molecular formula is C17H22N4O2. The van der Waals surface area contributed by atoms with Gasteiger partial charge in [0.25, 0.3) is 5.91 Å². The van der Waals surface area contributed by atoms with Gasteiger partial charge in [0, 0.05) is 37.7 Å². The number of carbonyl (C=O) groups is 1. The molecule has 0 spiro atoms. The third kappa shape index (κ3) is 2.18. The Balaban J connectivity index is 1.22. The van der Waals surface area contributed by atoms with Crippen LogP contribution in [0.2, 0.25) is 0 Å². The van der Waals surface area contributed by atoms with E-state index in [1.165, 1.54) is 18.6 Å². The van der Waals surface area contributed by atoms with Gasteiger partial charge in [0.2, 0.25) is 0 Å². The molecule has 1 aromatic rings. The van der Waals surface area contributed by atoms with Crippen molar-refractivity contribution in [2.24, 2.45) is 22.9 Å². The van der Waals surface area contributed by atoms with Crippen LogP contribution < -0.4 is 0 Å². The van der Waals surface area contributed by atoms with Crippen molar-refractivity contribution in [2.75, 3.05) is 13.1 Å². The van der Waals surface area contributed by atoms with Crippen LogP contribution in [-0.4, -0.2) is 44.8 Å². The average molecular weight is 314 g/mol. The largest absolute Gasteiger partial charge is 0.389 e. The highest BCUT2D eigenvalue weighted by atomic mass is 16.7. The Labute approximate surface area is 135 Å². The predicted octanol–water partition coefficient (Wildman–Crippen LogP) is 2.09. The summed E-state index contributed by atoms with van der Waals surface area (Å²) in [7, 11) is 0. The SMILES string of the molecule is CC1(C)CC(C2C3CN(C(=O)c4cn(C5CC5)cn4)CC32)=NO1. The van der Waals surface area contributed by atoms with E-state index < -0.39 is 0 Å². The lowest BCUT2D eigenvalue weighted by Gasteiger charge is -2.19. The number of fused-ring (bicyclic) bond motifs is 1. The van der Waals surface area contributed by atoms with E-state index in [-0.39, 0.29) is 11.5 Å². The fourth-order valence-corrected chi connectivity index (χ4v) is 4.23. The second-order valence-corrected chi connectivity index (χ2v) is 8.11. The highest BCUT2D eigenvalue weighted by Crippen LogP contribution is 2.54. The van der Waals surface area contributed by atoms with Gasteiger partial charge in [0.05, 0.1) is 12.0 Å². The number of rotatable bonds is 3. The van der Waals surface area contributed by atoms with Gasteiger partial charge in [-0.1, -0.05) is 5.16 Å². The summed E-state index contributed by atoms with van der Waals surface area (Å²) in [6.45, 7) is 5.83. The van der Waals surface area contributed by atoms with Crippen LogP contribution in [0, 0.1) is 17.8 Å². The summed E-state index contributed by atoms with van der Waals surface area (Å²) in [6.07, 6.45) is 7.06. The molecule has 2 aliphatic carbocycles. The second-order valence-electron chi connectivity index (χ2n) is 8.11. The Morgan fingerprint density at radius 3 is 2.65 bits per heavy atom. The predicted molar refractivity (Wildman–Crippen MR) is 84.1 cm³/mol. The first-order valence-electron chi connectivity index (χ1n) is 8.59. The van der Waals surface area contributed by atoms with Gasteiger partial charge in [-0.25, -0.2) is 4.98 Å². The highest BCUT2D eigenvalue weighted by molar-refractivity contribution is 5.94. The monoisotopic (exact) mass is 314 g/mol. The van der Waals surface area contributed by atoms with Gasteiger partial charge in [-0.3, -0.25) is 4.79 Å². The zero-order chi connectivity index (χ0) is 15.8. The van der Waals surface area contributed by atoms with Crippen LogP contribution in [0.1, 0.15) is 49.6 Å². The normalized spacial score (nSPS) is 34.1. The molecule has 2 saturated carbocycles. The molecule has 6 heteroatoms. The number of hydrogen-bond donors (Lipinski definition) is 0. The van der Waals surface area contributed by atoms with Crippen molar-refractivity contribution >= 4 is 11.6 Å². The smallest absolute Gasteiger partial charge is 0.274 e. The van der Waals surface area contributed by atoms with Crippen LogP contribution in [0.15, 0.2) is 17.7 Å². The van der Waals surface area contributed by atoms with Crippen LogP contribution in [0.25, 0.3) is 0 Å². The van der Waals surface area contributed by atoms with Gasteiger partial charge in [0.1, 0.15) is 11.3 Å². The van der Waals surface area contributed by atoms with Gasteiger partial charge >= 0.3 is 0 Å². The summed E-state index contributed by atoms with van der Waals surface area (Å²) >= 11 is 0. The van der Waals surface area contributed by atoms with Crippen molar-refractivity contribution in [1.82, 2.24) is 14.5 Å². The van der Waals surface area contributed by atoms with E-state index in [0.717, 1.165) is 19.5 Å². The fraction of sp³-hybridized carbons (Fsp3) is 0.706. The maximum Gasteiger partial charge on any atom is 0.274 e. The molecular weight excluding hydrogens is 292 g/mol. The molecule has 0 N–H and O–H groups in total. The first-order chi connectivity index (χ1) is 11.0. The minimum absolute atomic E-state index is 0.0836. The van der Waals surface area contributed by atoms with Crippen LogP contribution >= 0.6 is 0 Å². The van der Waals surface area contributed by atoms with E-state index in [1.807, 2.05) is 11.1 Å². The van der Waals surface area contributed by atoms with Crippen molar-refractivity contribution in [3.05, 3.63) is 18.2 Å². The number of piperidine rings is 1. The van der Waals surface area contributed by atoms with Crippen molar-refractivity contribution in [1.29, 1.82) is 0 Å². The number of nitrogens with zero attached hydrogens (tertiary/aromatic N) is 4. The topological polar surface area (TPSA) is 59.7 Å². The van der Waals surface area contributed by atoms with Crippen LogP contribution in [0.5, 0.6) is 0 Å². The van der Waals surface area contributed by atoms with E-state index in [1.54, 1.807) is 6.33 Å². The molecule has 3 fully saturated rings. The molecule has 1 aromatic heterocycles. The number of imidazole rings is 1. The van der Waals surface area contributed by atoms with E-state index >= 15 is 0 Å². The number of aromatic nitrogens is 2. The lowest BCUT2D eigenvalue weighted by atomic mass is 9.98. The molecule has 23 heavy (non-hydrogen) atoms. The summed E-state index contributed by atoms with van der Waals surface area (Å²) in [4.78, 5) is 24.4. The minimum atomic E-state index is -0.155. The summed E-state index contributed by atoms with van der Waals surface area (Å²) < 4.78 is 2.08. The highest BCUT2D eigenvalue weighted by Gasteiger charge is 2.60. The molecule has 2 atom stereocenters. The molecule has 1 saturated heterocycles. The molecule has 122 valence electrons. The molecule has 4 aliphatic rings. The summed E-state index contributed by atoms with van der Waals surface area (Å²) in [5.41, 5.74) is 1.64. The third-order valence-electron chi connectivity index (χ3n) is 5.67. The van der Waals surface area contributed by atoms with E-state index in [9.17, 15) is 4.79 Å². The lowest BCUT2D eigenvalue weighted by molar-refractivity contribution is 0.0123. The number of likely N-dealkylation sites (tertiary alicyclic amines) is 1. The van der Waals surface area contributed by atoms with Gasteiger partial charge in [-0.15, -0.1) is 0 Å². The van der Waals surface area contributed by atoms with Crippen molar-refractivity contribution in [3.63, 3.8) is 0 Å². The summed E-state index contributed by atoms with van der Waals surface area (Å²) in [5.74, 6) is 1.76. The Hall–Kier alpha value is -1.85. The molecule has 0 radical (unpaired) electrons. The van der Waals surface area contributed by atoms with Crippen molar-refractivity contribution < 1.29 is 9.63 Å². The van der Waals surface area contributed by atoms with Gasteiger partial charge in [-0.05, 0) is 38.5 Å². The lowest BCUT2D eigenvalue weighted by Crippen LogP contribution is -2.33. The van der Waals surface area contributed by atoms with E-state index in [0.29, 0.717) is 29.5 Å². The van der Waals surface area contributed by atoms with E-state index in [4.69, 9.17) is 4.84 Å². The fourth-order valence-electron chi connectivity index (χ4n) is 4.23. The molecule has 0 bridgehead atoms. The molecule has 3 heterocycles. The molecule has 1 amide bonds. The van der Waals surface area contributed by atoms with Gasteiger partial charge in [0.15, 0.2) is 0 Å². The molecule has 2 unspecified atom stereocenters. The van der Waals surface area contributed by atoms with Gasteiger partial charge in [-0.2, -0.15) is 0 Å². The summed E-state index contributed by atoms with van der Waals surface area (Å²) in [6, 6.07) is 0.573. The number of amides is 1. The maximum absolute atomic E-state index is 12.6. The van der Waals surface area contributed by atoms with Crippen LogP contribution in [0.4, 0.5) is 0 Å². The average Bonchev–Trinajstić information content (AvgIpc) is 3.30. The van der Waals surface area contributed by atoms with Crippen molar-refractivity contribution in [2.45, 2.75) is 44.8 Å². The molecule has 0 aromatic carbocycles. The first kappa shape index (κ1) is 13.6. The first-order valence-corrected chi connectivity index (χ1v) is 8.59. The Morgan fingerprint density at radius 2 is 2.04 bits per heavy atom. The number of carbonyl (C=O) groups excluding carboxylic acids is 1. The standard InChI is InChI=1S/C17H22N4O2/c1-17(2)5-13(19-23-17)15-11-6-20(7-12(11)15)16(22)14-8-21(9-18-14)10-3-4-10/h8-12,15H,3-7H2,1-2H3. The zero-order valence-electron chi connectivity index (χ0n) is 13.6. The number of oxime groups is 1. The zero-order valence-corrected chi connectivity index (χ0v) is 13.6. The molecule has 5 rings (SSSR count). The Bertz CT molecular complexity index is 691. The maximum atomic E-state index is 12.6. The third-order valence-corrected chi connectivity index (χ3v) is 5.67. The van der Waals surface area contributed by atoms with Crippen LogP contribution in [-0.2, 0) is 4.84 Å².